The third kappa shape index (κ3) is 3.57. The fourth-order valence-corrected chi connectivity index (χ4v) is 1.99. The quantitative estimate of drug-likeness (QED) is 0.746. The van der Waals surface area contributed by atoms with Gasteiger partial charge in [-0.1, -0.05) is 12.1 Å². The second-order valence-electron chi connectivity index (χ2n) is 2.75. The Bertz CT molecular complexity index is 301. The van der Waals surface area contributed by atoms with Crippen molar-refractivity contribution >= 4 is 10.8 Å². The van der Waals surface area contributed by atoms with Crippen molar-refractivity contribution in [1.82, 2.24) is 0 Å². The van der Waals surface area contributed by atoms with Gasteiger partial charge >= 0.3 is 0 Å². The molecule has 1 rings (SSSR count). The molecule has 1 atom stereocenters. The van der Waals surface area contributed by atoms with Gasteiger partial charge in [-0.25, -0.2) is 0 Å². The van der Waals surface area contributed by atoms with Crippen LogP contribution in [0.3, 0.4) is 0 Å². The summed E-state index contributed by atoms with van der Waals surface area (Å²) in [6.45, 7) is 0.436. The molecule has 1 aromatic rings. The van der Waals surface area contributed by atoms with Crippen LogP contribution >= 0.6 is 0 Å². The number of phenolic OH excluding ortho intramolecular Hbond substituents is 1. The Morgan fingerprint density at radius 3 is 2.85 bits per heavy atom. The molecule has 1 aromatic carbocycles. The van der Waals surface area contributed by atoms with E-state index in [0.29, 0.717) is 18.1 Å². The minimum atomic E-state index is -0.915. The van der Waals surface area contributed by atoms with Gasteiger partial charge in [-0.3, -0.25) is 4.21 Å². The number of phenols is 1. The standard InChI is InChI=1S/C9H13NO2S/c10-4-5-13(12)7-8-2-1-3-9(11)6-8/h1-3,6,11H,4-5,7,10H2. The normalized spacial score (nSPS) is 12.7. The van der Waals surface area contributed by atoms with Crippen LogP contribution in [0.2, 0.25) is 0 Å². The molecular weight excluding hydrogens is 186 g/mol. The van der Waals surface area contributed by atoms with Gasteiger partial charge in [-0.05, 0) is 17.7 Å². The molecule has 0 heterocycles. The van der Waals surface area contributed by atoms with Crippen molar-refractivity contribution in [3.63, 3.8) is 0 Å². The van der Waals surface area contributed by atoms with E-state index in [2.05, 4.69) is 0 Å². The van der Waals surface area contributed by atoms with Gasteiger partial charge in [0.25, 0.3) is 0 Å². The molecule has 0 spiro atoms. The van der Waals surface area contributed by atoms with Crippen LogP contribution in [0, 0.1) is 0 Å². The minimum absolute atomic E-state index is 0.210. The average molecular weight is 199 g/mol. The van der Waals surface area contributed by atoms with Gasteiger partial charge in [0, 0.05) is 28.9 Å². The molecule has 0 aromatic heterocycles. The summed E-state index contributed by atoms with van der Waals surface area (Å²) < 4.78 is 11.3. The maximum absolute atomic E-state index is 11.3. The minimum Gasteiger partial charge on any atom is -0.508 e. The maximum Gasteiger partial charge on any atom is 0.115 e. The summed E-state index contributed by atoms with van der Waals surface area (Å²) in [5, 5.41) is 9.13. The first-order chi connectivity index (χ1) is 6.22. The second kappa shape index (κ2) is 4.99. The average Bonchev–Trinajstić information content (AvgIpc) is 2.04. The fraction of sp³-hybridized carbons (Fsp3) is 0.333. The number of nitrogens with two attached hydrogens (primary N) is 1. The van der Waals surface area contributed by atoms with Crippen LogP contribution in [0.15, 0.2) is 24.3 Å². The third-order valence-corrected chi connectivity index (χ3v) is 2.93. The molecule has 1 unspecified atom stereocenters. The van der Waals surface area contributed by atoms with Gasteiger partial charge in [0.2, 0.25) is 0 Å². The molecule has 72 valence electrons. The number of aromatic hydroxyl groups is 1. The first-order valence-corrected chi connectivity index (χ1v) is 5.54. The van der Waals surface area contributed by atoms with Gasteiger partial charge in [-0.2, -0.15) is 0 Å². The van der Waals surface area contributed by atoms with Crippen LogP contribution in [-0.4, -0.2) is 21.6 Å². The molecule has 0 saturated carbocycles. The van der Waals surface area contributed by atoms with Crippen LogP contribution in [0.25, 0.3) is 0 Å². The van der Waals surface area contributed by atoms with Crippen molar-refractivity contribution in [1.29, 1.82) is 0 Å². The molecule has 0 radical (unpaired) electrons. The summed E-state index contributed by atoms with van der Waals surface area (Å²) in [6.07, 6.45) is 0. The number of hydrogen-bond donors (Lipinski definition) is 2. The molecule has 0 amide bonds. The Labute approximate surface area is 80.0 Å². The molecule has 0 fully saturated rings. The Morgan fingerprint density at radius 1 is 1.46 bits per heavy atom. The topological polar surface area (TPSA) is 63.3 Å². The molecule has 0 bridgehead atoms. The molecule has 3 N–H and O–H groups in total. The van der Waals surface area contributed by atoms with Crippen molar-refractivity contribution in [2.45, 2.75) is 5.75 Å². The summed E-state index contributed by atoms with van der Waals surface area (Å²) in [5.74, 6) is 1.18. The van der Waals surface area contributed by atoms with E-state index in [1.807, 2.05) is 6.07 Å². The first-order valence-electron chi connectivity index (χ1n) is 4.05. The largest absolute Gasteiger partial charge is 0.508 e. The van der Waals surface area contributed by atoms with Crippen LogP contribution in [-0.2, 0) is 16.6 Å². The van der Waals surface area contributed by atoms with E-state index in [1.165, 1.54) is 0 Å². The van der Waals surface area contributed by atoms with Crippen LogP contribution in [0.5, 0.6) is 5.75 Å². The lowest BCUT2D eigenvalue weighted by Gasteiger charge is -2.01. The van der Waals surface area contributed by atoms with E-state index in [4.69, 9.17) is 10.8 Å². The highest BCUT2D eigenvalue weighted by atomic mass is 32.2. The summed E-state index contributed by atoms with van der Waals surface area (Å²) in [7, 11) is -0.915. The zero-order valence-corrected chi connectivity index (χ0v) is 8.09. The first kappa shape index (κ1) is 10.2. The predicted molar refractivity (Wildman–Crippen MR) is 53.9 cm³/mol. The lowest BCUT2D eigenvalue weighted by atomic mass is 10.2. The van der Waals surface area contributed by atoms with E-state index in [-0.39, 0.29) is 5.75 Å². The Morgan fingerprint density at radius 2 is 2.23 bits per heavy atom. The zero-order valence-electron chi connectivity index (χ0n) is 7.27. The molecule has 13 heavy (non-hydrogen) atoms. The van der Waals surface area contributed by atoms with Crippen molar-refractivity contribution < 1.29 is 9.32 Å². The summed E-state index contributed by atoms with van der Waals surface area (Å²) >= 11 is 0. The maximum atomic E-state index is 11.3. The summed E-state index contributed by atoms with van der Waals surface area (Å²) in [4.78, 5) is 0. The lowest BCUT2D eigenvalue weighted by Crippen LogP contribution is -2.11. The molecule has 0 aliphatic rings. The van der Waals surface area contributed by atoms with Crippen LogP contribution in [0.1, 0.15) is 5.56 Å². The van der Waals surface area contributed by atoms with Crippen molar-refractivity contribution in [2.75, 3.05) is 12.3 Å². The highest BCUT2D eigenvalue weighted by Gasteiger charge is 2.00. The number of benzene rings is 1. The molecule has 0 saturated heterocycles. The van der Waals surface area contributed by atoms with Crippen molar-refractivity contribution in [3.05, 3.63) is 29.8 Å². The highest BCUT2D eigenvalue weighted by Crippen LogP contribution is 2.12. The Hall–Kier alpha value is -0.870. The van der Waals surface area contributed by atoms with E-state index >= 15 is 0 Å². The lowest BCUT2D eigenvalue weighted by molar-refractivity contribution is 0.475. The fourth-order valence-electron chi connectivity index (χ4n) is 1.04. The van der Waals surface area contributed by atoms with E-state index < -0.39 is 10.8 Å². The monoisotopic (exact) mass is 199 g/mol. The van der Waals surface area contributed by atoms with E-state index in [9.17, 15) is 4.21 Å². The highest BCUT2D eigenvalue weighted by molar-refractivity contribution is 7.84. The Balaban J connectivity index is 2.58. The SMILES string of the molecule is NCCS(=O)Cc1cccc(O)c1. The van der Waals surface area contributed by atoms with Crippen LogP contribution < -0.4 is 5.73 Å². The van der Waals surface area contributed by atoms with E-state index in [0.717, 1.165) is 5.56 Å². The number of rotatable bonds is 4. The van der Waals surface area contributed by atoms with Gasteiger partial charge in [0.1, 0.15) is 5.75 Å². The van der Waals surface area contributed by atoms with Gasteiger partial charge < -0.3 is 10.8 Å². The second-order valence-corrected chi connectivity index (χ2v) is 4.32. The molecular formula is C9H13NO2S. The smallest absolute Gasteiger partial charge is 0.115 e. The summed E-state index contributed by atoms with van der Waals surface area (Å²) in [6, 6.07) is 6.79. The van der Waals surface area contributed by atoms with Gasteiger partial charge in [0.05, 0.1) is 0 Å². The number of hydrogen-bond acceptors (Lipinski definition) is 3. The molecule has 0 aliphatic heterocycles. The van der Waals surface area contributed by atoms with Gasteiger partial charge in [-0.15, -0.1) is 0 Å². The summed E-state index contributed by atoms with van der Waals surface area (Å²) in [5.41, 5.74) is 6.15. The zero-order chi connectivity index (χ0) is 9.68. The molecule has 3 nitrogen and oxygen atoms in total. The van der Waals surface area contributed by atoms with Crippen molar-refractivity contribution in [2.24, 2.45) is 5.73 Å². The van der Waals surface area contributed by atoms with Gasteiger partial charge in [0.15, 0.2) is 0 Å². The molecule has 0 aliphatic carbocycles. The Kier molecular flexibility index (Phi) is 3.92. The predicted octanol–water partition coefficient (Wildman–Crippen LogP) is 0.600. The van der Waals surface area contributed by atoms with E-state index in [1.54, 1.807) is 18.2 Å². The van der Waals surface area contributed by atoms with Crippen LogP contribution in [0.4, 0.5) is 0 Å². The third-order valence-electron chi connectivity index (χ3n) is 1.58. The van der Waals surface area contributed by atoms with Crippen molar-refractivity contribution in [3.8, 4) is 5.75 Å². The molecule has 4 heteroatoms.